The number of nitrogens with zero attached hydrogens (tertiary/aromatic N) is 2. The number of rotatable bonds is 5. The third-order valence-electron chi connectivity index (χ3n) is 4.69. The van der Waals surface area contributed by atoms with Crippen LogP contribution >= 0.6 is 0 Å². The number of hydrogen-bond acceptors (Lipinski definition) is 4. The topological polar surface area (TPSA) is 80.5 Å². The fourth-order valence-corrected chi connectivity index (χ4v) is 4.35. The molecule has 1 aliphatic rings. The Balaban J connectivity index is 1.73. The summed E-state index contributed by atoms with van der Waals surface area (Å²) in [6.45, 7) is 3.39. The van der Waals surface area contributed by atoms with Crippen LogP contribution in [0.5, 0.6) is 0 Å². The monoisotopic (exact) mass is 349 g/mol. The lowest BCUT2D eigenvalue weighted by atomic mass is 10.2. The number of aromatic nitrogens is 2. The van der Waals surface area contributed by atoms with Crippen molar-refractivity contribution in [2.45, 2.75) is 56.6 Å². The predicted octanol–water partition coefficient (Wildman–Crippen LogP) is 2.00. The average molecular weight is 349 g/mol. The van der Waals surface area contributed by atoms with Crippen molar-refractivity contribution in [3.63, 3.8) is 0 Å². The molecule has 0 spiro atoms. The summed E-state index contributed by atoms with van der Waals surface area (Å²) in [7, 11) is -3.60. The van der Waals surface area contributed by atoms with E-state index in [2.05, 4.69) is 10.3 Å². The minimum Gasteiger partial charge on any atom is -0.352 e. The molecule has 6 nitrogen and oxygen atoms in total. The zero-order valence-electron chi connectivity index (χ0n) is 14.0. The molecule has 1 saturated carbocycles. The smallest absolute Gasteiger partial charge is 0.238 e. The molecule has 0 saturated heterocycles. The van der Waals surface area contributed by atoms with Crippen LogP contribution in [0.2, 0.25) is 0 Å². The standard InChI is InChI=1S/C17H23N3O3S/c1-12-6-5-9-20-10-15(18-16(12)20)11-24(22,23)13(2)17(21)19-14-7-3-4-8-14/h5-6,9-10,13-14H,3-4,7-8,11H2,1-2H3,(H,19,21)/t13-/m1/s1. The first-order valence-corrected chi connectivity index (χ1v) is 10.0. The zero-order valence-corrected chi connectivity index (χ0v) is 14.8. The number of pyridine rings is 1. The molecule has 0 radical (unpaired) electrons. The molecule has 2 aromatic heterocycles. The number of sulfone groups is 1. The van der Waals surface area contributed by atoms with Crippen LogP contribution < -0.4 is 5.32 Å². The Morgan fingerprint density at radius 1 is 1.42 bits per heavy atom. The van der Waals surface area contributed by atoms with Crippen LogP contribution in [0.15, 0.2) is 24.5 Å². The second kappa shape index (κ2) is 6.55. The Hall–Kier alpha value is -1.89. The maximum atomic E-state index is 12.6. The van der Waals surface area contributed by atoms with Gasteiger partial charge in [-0.1, -0.05) is 18.9 Å². The van der Waals surface area contributed by atoms with E-state index in [1.54, 1.807) is 6.20 Å². The first-order chi connectivity index (χ1) is 11.4. The number of carbonyl (C=O) groups is 1. The third kappa shape index (κ3) is 3.45. The van der Waals surface area contributed by atoms with Crippen LogP contribution in [-0.4, -0.2) is 35.0 Å². The van der Waals surface area contributed by atoms with Crippen molar-refractivity contribution in [2.24, 2.45) is 0 Å². The van der Waals surface area contributed by atoms with Crippen LogP contribution in [-0.2, 0) is 20.4 Å². The quantitative estimate of drug-likeness (QED) is 0.895. The van der Waals surface area contributed by atoms with Gasteiger partial charge in [0.25, 0.3) is 0 Å². The average Bonchev–Trinajstić information content (AvgIpc) is 3.15. The number of imidazole rings is 1. The summed E-state index contributed by atoms with van der Waals surface area (Å²) in [5.74, 6) is -0.630. The van der Waals surface area contributed by atoms with Gasteiger partial charge in [0.2, 0.25) is 5.91 Å². The summed E-state index contributed by atoms with van der Waals surface area (Å²) in [5, 5.41) is 1.80. The van der Waals surface area contributed by atoms with Crippen LogP contribution in [0, 0.1) is 6.92 Å². The highest BCUT2D eigenvalue weighted by Gasteiger charge is 2.31. The first kappa shape index (κ1) is 17.0. The Kier molecular flexibility index (Phi) is 4.62. The van der Waals surface area contributed by atoms with Crippen LogP contribution in [0.4, 0.5) is 0 Å². The highest BCUT2D eigenvalue weighted by molar-refractivity contribution is 7.92. The van der Waals surface area contributed by atoms with Crippen LogP contribution in [0.25, 0.3) is 5.65 Å². The molecule has 2 aromatic rings. The minimum absolute atomic E-state index is 0.119. The van der Waals surface area contributed by atoms with Crippen LogP contribution in [0.1, 0.15) is 43.9 Å². The summed E-state index contributed by atoms with van der Waals surface area (Å²) >= 11 is 0. The van der Waals surface area contributed by atoms with Gasteiger partial charge in [-0.05, 0) is 38.3 Å². The number of carbonyl (C=O) groups excluding carboxylic acids is 1. The largest absolute Gasteiger partial charge is 0.352 e. The van der Waals surface area contributed by atoms with Crippen molar-refractivity contribution in [3.8, 4) is 0 Å². The molecule has 2 heterocycles. The van der Waals surface area contributed by atoms with Gasteiger partial charge < -0.3 is 9.72 Å². The van der Waals surface area contributed by atoms with E-state index in [1.807, 2.05) is 29.7 Å². The van der Waals surface area contributed by atoms with E-state index < -0.39 is 21.0 Å². The first-order valence-electron chi connectivity index (χ1n) is 8.32. The maximum Gasteiger partial charge on any atom is 0.238 e. The molecule has 0 aromatic carbocycles. The molecule has 0 aliphatic heterocycles. The van der Waals surface area contributed by atoms with E-state index in [4.69, 9.17) is 0 Å². The number of nitrogens with one attached hydrogen (secondary N) is 1. The normalized spacial score (nSPS) is 17.2. The molecule has 0 bridgehead atoms. The molecule has 3 rings (SSSR count). The van der Waals surface area contributed by atoms with E-state index >= 15 is 0 Å². The van der Waals surface area contributed by atoms with Gasteiger partial charge in [0, 0.05) is 18.4 Å². The molecular weight excluding hydrogens is 326 g/mol. The molecular formula is C17H23N3O3S. The SMILES string of the molecule is Cc1cccn2cc(CS(=O)(=O)[C@H](C)C(=O)NC3CCCC3)nc12. The summed E-state index contributed by atoms with van der Waals surface area (Å²) in [6.07, 6.45) is 7.59. The van der Waals surface area contributed by atoms with Gasteiger partial charge in [-0.15, -0.1) is 0 Å². The molecule has 0 unspecified atom stereocenters. The summed E-state index contributed by atoms with van der Waals surface area (Å²) in [6, 6.07) is 3.94. The fraction of sp³-hybridized carbons (Fsp3) is 0.529. The number of fused-ring (bicyclic) bond motifs is 1. The Morgan fingerprint density at radius 3 is 2.79 bits per heavy atom. The van der Waals surface area contributed by atoms with Gasteiger partial charge in [-0.25, -0.2) is 13.4 Å². The zero-order chi connectivity index (χ0) is 17.3. The van der Waals surface area contributed by atoms with Crippen molar-refractivity contribution in [2.75, 3.05) is 0 Å². The van der Waals surface area contributed by atoms with Crippen LogP contribution in [0.3, 0.4) is 0 Å². The molecule has 1 amide bonds. The highest BCUT2D eigenvalue weighted by atomic mass is 32.2. The molecule has 7 heteroatoms. The molecule has 24 heavy (non-hydrogen) atoms. The fourth-order valence-electron chi connectivity index (χ4n) is 3.16. The lowest BCUT2D eigenvalue weighted by Gasteiger charge is -2.16. The Morgan fingerprint density at radius 2 is 2.12 bits per heavy atom. The van der Waals surface area contributed by atoms with E-state index in [0.29, 0.717) is 5.69 Å². The molecule has 1 atom stereocenters. The van der Waals surface area contributed by atoms with Gasteiger partial charge in [0.15, 0.2) is 9.84 Å². The van der Waals surface area contributed by atoms with Gasteiger partial charge in [0.1, 0.15) is 10.9 Å². The van der Waals surface area contributed by atoms with Crippen molar-refractivity contribution < 1.29 is 13.2 Å². The lowest BCUT2D eigenvalue weighted by Crippen LogP contribution is -2.42. The molecule has 130 valence electrons. The molecule has 1 aliphatic carbocycles. The highest BCUT2D eigenvalue weighted by Crippen LogP contribution is 2.19. The maximum absolute atomic E-state index is 12.6. The number of amides is 1. The predicted molar refractivity (Wildman–Crippen MR) is 92.4 cm³/mol. The summed E-state index contributed by atoms with van der Waals surface area (Å²) in [5.41, 5.74) is 2.18. The minimum atomic E-state index is -3.60. The lowest BCUT2D eigenvalue weighted by molar-refractivity contribution is -0.121. The van der Waals surface area contributed by atoms with Gasteiger partial charge >= 0.3 is 0 Å². The number of aryl methyl sites for hydroxylation is 1. The summed E-state index contributed by atoms with van der Waals surface area (Å²) in [4.78, 5) is 16.6. The second-order valence-electron chi connectivity index (χ2n) is 6.59. The second-order valence-corrected chi connectivity index (χ2v) is 8.92. The third-order valence-corrected chi connectivity index (χ3v) is 6.68. The van der Waals surface area contributed by atoms with Gasteiger partial charge in [-0.3, -0.25) is 4.79 Å². The van der Waals surface area contributed by atoms with Crippen molar-refractivity contribution in [1.82, 2.24) is 14.7 Å². The van der Waals surface area contributed by atoms with Gasteiger partial charge in [0.05, 0.1) is 11.4 Å². The Bertz CT molecular complexity index is 851. The molecule has 1 N–H and O–H groups in total. The van der Waals surface area contributed by atoms with E-state index in [9.17, 15) is 13.2 Å². The van der Waals surface area contributed by atoms with Crippen molar-refractivity contribution in [3.05, 3.63) is 35.8 Å². The molecule has 1 fully saturated rings. The van der Waals surface area contributed by atoms with E-state index in [0.717, 1.165) is 36.9 Å². The summed E-state index contributed by atoms with van der Waals surface area (Å²) < 4.78 is 26.9. The van der Waals surface area contributed by atoms with Crippen molar-refractivity contribution >= 4 is 21.4 Å². The van der Waals surface area contributed by atoms with Gasteiger partial charge in [-0.2, -0.15) is 0 Å². The van der Waals surface area contributed by atoms with E-state index in [-0.39, 0.29) is 11.8 Å². The Labute approximate surface area is 142 Å². The van der Waals surface area contributed by atoms with Crippen molar-refractivity contribution in [1.29, 1.82) is 0 Å². The number of hydrogen-bond donors (Lipinski definition) is 1. The van der Waals surface area contributed by atoms with E-state index in [1.165, 1.54) is 6.92 Å².